The van der Waals surface area contributed by atoms with Crippen LogP contribution in [-0.4, -0.2) is 12.3 Å². The summed E-state index contributed by atoms with van der Waals surface area (Å²) in [6.45, 7) is 3.83. The molecular formula is C10H13O4P. The molecule has 15 heavy (non-hydrogen) atoms. The van der Waals surface area contributed by atoms with Gasteiger partial charge in [-0.2, -0.15) is 0 Å². The molecule has 1 unspecified atom stereocenters. The molecule has 0 aromatic heterocycles. The maximum absolute atomic E-state index is 11.2. The molecule has 1 aromatic carbocycles. The fourth-order valence-electron chi connectivity index (χ4n) is 0.945. The van der Waals surface area contributed by atoms with Crippen LogP contribution in [0.5, 0.6) is 5.75 Å². The quantitative estimate of drug-likeness (QED) is 0.743. The second kappa shape index (κ2) is 5.69. The van der Waals surface area contributed by atoms with E-state index in [1.807, 2.05) is 6.92 Å². The standard InChI is InChI=1S/C10H13O4P/c1-3-13-15(12)10(11)14-9-6-4-8(2)5-7-9/h4-7,15H,3H2,1-2H3. The van der Waals surface area contributed by atoms with Gasteiger partial charge in [0.05, 0.1) is 6.61 Å². The molecule has 1 atom stereocenters. The maximum atomic E-state index is 11.2. The summed E-state index contributed by atoms with van der Waals surface area (Å²) < 4.78 is 20.6. The Morgan fingerprint density at radius 2 is 1.93 bits per heavy atom. The van der Waals surface area contributed by atoms with Crippen LogP contribution in [0.3, 0.4) is 0 Å². The summed E-state index contributed by atoms with van der Waals surface area (Å²) in [5.41, 5.74) is 0.248. The summed E-state index contributed by atoms with van der Waals surface area (Å²) in [6, 6.07) is 6.91. The Labute approximate surface area is 89.1 Å². The number of hydrogen-bond donors (Lipinski definition) is 0. The first kappa shape index (κ1) is 12.0. The maximum Gasteiger partial charge on any atom is 0.393 e. The highest BCUT2D eigenvalue weighted by Gasteiger charge is 2.13. The van der Waals surface area contributed by atoms with Crippen LogP contribution >= 0.6 is 8.03 Å². The van der Waals surface area contributed by atoms with E-state index in [9.17, 15) is 9.36 Å². The number of carbonyl (C=O) groups is 1. The van der Waals surface area contributed by atoms with Gasteiger partial charge in [-0.05, 0) is 26.0 Å². The summed E-state index contributed by atoms with van der Waals surface area (Å²) >= 11 is 0. The number of aryl methyl sites for hydroxylation is 1. The predicted octanol–water partition coefficient (Wildman–Crippen LogP) is 3.01. The summed E-state index contributed by atoms with van der Waals surface area (Å²) in [6.07, 6.45) is 0. The Hall–Kier alpha value is -1.12. The summed E-state index contributed by atoms with van der Waals surface area (Å²) in [4.78, 5) is 11.2. The molecule has 0 aliphatic carbocycles. The molecule has 0 saturated heterocycles. The van der Waals surface area contributed by atoms with Gasteiger partial charge in [0.15, 0.2) is 0 Å². The summed E-state index contributed by atoms with van der Waals surface area (Å²) in [5.74, 6) is 0.378. The molecule has 0 fully saturated rings. The molecule has 0 N–H and O–H groups in total. The van der Waals surface area contributed by atoms with Crippen molar-refractivity contribution in [2.75, 3.05) is 6.61 Å². The van der Waals surface area contributed by atoms with Gasteiger partial charge in [0.25, 0.3) is 8.03 Å². The molecule has 0 spiro atoms. The lowest BCUT2D eigenvalue weighted by atomic mass is 10.2. The van der Waals surface area contributed by atoms with E-state index in [4.69, 9.17) is 4.74 Å². The van der Waals surface area contributed by atoms with Gasteiger partial charge in [0.1, 0.15) is 5.75 Å². The Morgan fingerprint density at radius 3 is 2.47 bits per heavy atom. The highest BCUT2D eigenvalue weighted by molar-refractivity contribution is 7.58. The fourth-order valence-corrected chi connectivity index (χ4v) is 1.53. The molecule has 0 saturated carbocycles. The lowest BCUT2D eigenvalue weighted by Crippen LogP contribution is -2.01. The van der Waals surface area contributed by atoms with Crippen molar-refractivity contribution in [3.05, 3.63) is 29.8 Å². The first-order valence-electron chi connectivity index (χ1n) is 4.59. The number of rotatable bonds is 4. The SMILES string of the molecule is CCO[PH](=O)C(=O)Oc1ccc(C)cc1. The average Bonchev–Trinajstić information content (AvgIpc) is 2.22. The lowest BCUT2D eigenvalue weighted by molar-refractivity contribution is 0.218. The number of carbonyl (C=O) groups excluding carboxylic acids is 1. The monoisotopic (exact) mass is 228 g/mol. The highest BCUT2D eigenvalue weighted by Crippen LogP contribution is 2.26. The lowest BCUT2D eigenvalue weighted by Gasteiger charge is -2.03. The minimum Gasteiger partial charge on any atom is -0.420 e. The first-order valence-corrected chi connectivity index (χ1v) is 5.90. The van der Waals surface area contributed by atoms with E-state index in [0.717, 1.165) is 5.56 Å². The van der Waals surface area contributed by atoms with E-state index in [2.05, 4.69) is 4.52 Å². The highest BCUT2D eigenvalue weighted by atomic mass is 31.1. The number of ether oxygens (including phenoxy) is 1. The second-order valence-corrected chi connectivity index (χ2v) is 4.19. The topological polar surface area (TPSA) is 52.6 Å². The van der Waals surface area contributed by atoms with Crippen molar-refractivity contribution in [2.24, 2.45) is 0 Å². The molecule has 0 bridgehead atoms. The van der Waals surface area contributed by atoms with Crippen molar-refractivity contribution >= 4 is 13.7 Å². The normalized spacial score (nSPS) is 12.1. The zero-order valence-corrected chi connectivity index (χ0v) is 9.65. The van der Waals surface area contributed by atoms with E-state index in [1.165, 1.54) is 0 Å². The van der Waals surface area contributed by atoms with Gasteiger partial charge < -0.3 is 9.26 Å². The molecule has 0 heterocycles. The van der Waals surface area contributed by atoms with E-state index < -0.39 is 13.7 Å². The Kier molecular flexibility index (Phi) is 4.53. The predicted molar refractivity (Wildman–Crippen MR) is 57.8 cm³/mol. The molecule has 4 nitrogen and oxygen atoms in total. The van der Waals surface area contributed by atoms with Crippen LogP contribution in [0.2, 0.25) is 0 Å². The van der Waals surface area contributed by atoms with Gasteiger partial charge >= 0.3 is 5.71 Å². The molecule has 1 rings (SSSR count). The molecule has 0 amide bonds. The van der Waals surface area contributed by atoms with Gasteiger partial charge in [-0.25, -0.2) is 4.79 Å². The molecule has 1 aromatic rings. The van der Waals surface area contributed by atoms with Crippen LogP contribution < -0.4 is 4.74 Å². The number of hydrogen-bond acceptors (Lipinski definition) is 4. The smallest absolute Gasteiger partial charge is 0.393 e. The van der Waals surface area contributed by atoms with Crippen LogP contribution in [0.25, 0.3) is 0 Å². The molecule has 0 aliphatic heterocycles. The Morgan fingerprint density at radius 1 is 1.33 bits per heavy atom. The zero-order valence-electron chi connectivity index (χ0n) is 8.65. The van der Waals surface area contributed by atoms with Crippen LogP contribution in [-0.2, 0) is 9.09 Å². The third-order valence-corrected chi connectivity index (χ3v) is 2.66. The summed E-state index contributed by atoms with van der Waals surface area (Å²) in [7, 11) is -2.74. The molecule has 82 valence electrons. The van der Waals surface area contributed by atoms with Gasteiger partial charge in [0.2, 0.25) is 0 Å². The van der Waals surface area contributed by atoms with Crippen LogP contribution in [0, 0.1) is 6.92 Å². The van der Waals surface area contributed by atoms with E-state index >= 15 is 0 Å². The van der Waals surface area contributed by atoms with Crippen molar-refractivity contribution in [1.82, 2.24) is 0 Å². The van der Waals surface area contributed by atoms with E-state index in [0.29, 0.717) is 5.75 Å². The minimum absolute atomic E-state index is 0.237. The van der Waals surface area contributed by atoms with Gasteiger partial charge in [-0.1, -0.05) is 17.7 Å². The van der Waals surface area contributed by atoms with Crippen molar-refractivity contribution in [1.29, 1.82) is 0 Å². The van der Waals surface area contributed by atoms with Gasteiger partial charge in [-0.15, -0.1) is 0 Å². The molecule has 0 aliphatic rings. The van der Waals surface area contributed by atoms with Gasteiger partial charge in [-0.3, -0.25) is 4.57 Å². The third kappa shape index (κ3) is 3.86. The van der Waals surface area contributed by atoms with Crippen molar-refractivity contribution in [3.63, 3.8) is 0 Å². The number of benzene rings is 1. The minimum atomic E-state index is -2.74. The fraction of sp³-hybridized carbons (Fsp3) is 0.300. The summed E-state index contributed by atoms with van der Waals surface area (Å²) in [5, 5.41) is 0. The average molecular weight is 228 g/mol. The van der Waals surface area contributed by atoms with Crippen molar-refractivity contribution in [3.8, 4) is 5.75 Å². The molecule has 0 radical (unpaired) electrons. The largest absolute Gasteiger partial charge is 0.420 e. The van der Waals surface area contributed by atoms with Crippen LogP contribution in [0.4, 0.5) is 4.79 Å². The molecular weight excluding hydrogens is 215 g/mol. The van der Waals surface area contributed by atoms with Crippen molar-refractivity contribution in [2.45, 2.75) is 13.8 Å². The van der Waals surface area contributed by atoms with Crippen LogP contribution in [0.15, 0.2) is 24.3 Å². The Balaban J connectivity index is 2.58. The first-order chi connectivity index (χ1) is 7.13. The van der Waals surface area contributed by atoms with Crippen molar-refractivity contribution < 1.29 is 18.6 Å². The zero-order chi connectivity index (χ0) is 11.3. The van der Waals surface area contributed by atoms with Crippen LogP contribution in [0.1, 0.15) is 12.5 Å². The third-order valence-electron chi connectivity index (χ3n) is 1.67. The Bertz CT molecular complexity index is 358. The van der Waals surface area contributed by atoms with E-state index in [-0.39, 0.29) is 6.61 Å². The second-order valence-electron chi connectivity index (χ2n) is 2.92. The van der Waals surface area contributed by atoms with Gasteiger partial charge in [0, 0.05) is 0 Å². The molecule has 5 heteroatoms. The van der Waals surface area contributed by atoms with E-state index in [1.54, 1.807) is 31.2 Å².